The Balaban J connectivity index is 3.27. The van der Waals surface area contributed by atoms with Crippen LogP contribution >= 0.6 is 11.6 Å². The molecule has 1 rings (SSSR count). The molecule has 0 amide bonds. The predicted molar refractivity (Wildman–Crippen MR) is 92.6 cm³/mol. The monoisotopic (exact) mass is 311 g/mol. The Labute approximate surface area is 135 Å². The summed E-state index contributed by atoms with van der Waals surface area (Å²) < 4.78 is 6.00. The van der Waals surface area contributed by atoms with E-state index in [0.29, 0.717) is 18.4 Å². The molecule has 3 heteroatoms. The van der Waals surface area contributed by atoms with Crippen LogP contribution in [-0.4, -0.2) is 13.2 Å². The van der Waals surface area contributed by atoms with Gasteiger partial charge in [0.1, 0.15) is 5.75 Å². The summed E-state index contributed by atoms with van der Waals surface area (Å²) in [6, 6.07) is 4.14. The molecule has 1 aromatic rings. The molecule has 1 atom stereocenters. The molecule has 1 aromatic carbocycles. The summed E-state index contributed by atoms with van der Waals surface area (Å²) in [5.41, 5.74) is 8.18. The van der Waals surface area contributed by atoms with Crippen LogP contribution in [0.3, 0.4) is 0 Å². The van der Waals surface area contributed by atoms with Crippen LogP contribution in [0.15, 0.2) is 12.1 Å². The Kier molecular flexibility index (Phi) is 8.13. The van der Waals surface area contributed by atoms with Crippen LogP contribution in [0.25, 0.3) is 0 Å². The molecular formula is C18H30ClNO. The number of rotatable bonds is 9. The van der Waals surface area contributed by atoms with Gasteiger partial charge in [0.25, 0.3) is 0 Å². The van der Waals surface area contributed by atoms with Gasteiger partial charge >= 0.3 is 0 Å². The third kappa shape index (κ3) is 5.19. The second-order valence-corrected chi connectivity index (χ2v) is 6.35. The largest absolute Gasteiger partial charge is 0.493 e. The molecular weight excluding hydrogens is 282 g/mol. The van der Waals surface area contributed by atoms with Gasteiger partial charge in [0.2, 0.25) is 0 Å². The Bertz CT molecular complexity index is 431. The first-order chi connectivity index (χ1) is 10.0. The van der Waals surface area contributed by atoms with E-state index in [1.54, 1.807) is 0 Å². The first-order valence-electron chi connectivity index (χ1n) is 8.21. The summed E-state index contributed by atoms with van der Waals surface area (Å²) in [5, 5.41) is 0.811. The molecule has 0 aliphatic carbocycles. The summed E-state index contributed by atoms with van der Waals surface area (Å²) in [4.78, 5) is 0. The van der Waals surface area contributed by atoms with Crippen molar-refractivity contribution in [2.45, 2.75) is 65.2 Å². The first kappa shape index (κ1) is 18.3. The molecule has 0 saturated heterocycles. The molecule has 0 radical (unpaired) electrons. The summed E-state index contributed by atoms with van der Waals surface area (Å²) in [5.74, 6) is 1.93. The zero-order chi connectivity index (χ0) is 15.8. The van der Waals surface area contributed by atoms with Gasteiger partial charge in [0, 0.05) is 5.02 Å². The molecule has 0 bridgehead atoms. The second kappa shape index (κ2) is 9.32. The highest BCUT2D eigenvalue weighted by atomic mass is 35.5. The molecule has 0 fully saturated rings. The van der Waals surface area contributed by atoms with Crippen molar-refractivity contribution in [3.05, 3.63) is 28.3 Å². The number of benzene rings is 1. The smallest absolute Gasteiger partial charge is 0.126 e. The summed E-state index contributed by atoms with van der Waals surface area (Å²) >= 11 is 6.36. The number of hydrogen-bond donors (Lipinski definition) is 1. The Morgan fingerprint density at radius 3 is 2.33 bits per heavy atom. The normalized spacial score (nSPS) is 12.7. The van der Waals surface area contributed by atoms with Gasteiger partial charge in [-0.15, -0.1) is 0 Å². The van der Waals surface area contributed by atoms with Gasteiger partial charge in [-0.05, 0) is 67.8 Å². The fraction of sp³-hybridized carbons (Fsp3) is 0.667. The third-order valence-electron chi connectivity index (χ3n) is 3.86. The fourth-order valence-corrected chi connectivity index (χ4v) is 3.08. The molecule has 1 unspecified atom stereocenters. The maximum atomic E-state index is 6.36. The lowest BCUT2D eigenvalue weighted by atomic mass is 9.86. The Morgan fingerprint density at radius 2 is 1.81 bits per heavy atom. The van der Waals surface area contributed by atoms with Crippen molar-refractivity contribution in [1.82, 2.24) is 0 Å². The van der Waals surface area contributed by atoms with Crippen LogP contribution in [0.5, 0.6) is 5.75 Å². The fourth-order valence-electron chi connectivity index (χ4n) is 2.85. The van der Waals surface area contributed by atoms with Crippen LogP contribution in [0.2, 0.25) is 5.02 Å². The van der Waals surface area contributed by atoms with E-state index in [1.165, 1.54) is 11.1 Å². The van der Waals surface area contributed by atoms with Crippen molar-refractivity contribution < 1.29 is 4.74 Å². The summed E-state index contributed by atoms with van der Waals surface area (Å²) in [7, 11) is 0. The molecule has 2 N–H and O–H groups in total. The standard InChI is InChI=1S/C18H30ClNO/c1-5-8-14(9-7-10-20)17-12-15(19)11-16(13(3)4)18(17)21-6-2/h11-14H,5-10,20H2,1-4H3. The topological polar surface area (TPSA) is 35.2 Å². The van der Waals surface area contributed by atoms with Crippen LogP contribution in [0, 0.1) is 0 Å². The van der Waals surface area contributed by atoms with E-state index in [0.717, 1.165) is 43.0 Å². The van der Waals surface area contributed by atoms with E-state index in [4.69, 9.17) is 22.1 Å². The molecule has 0 heterocycles. The zero-order valence-corrected chi connectivity index (χ0v) is 14.7. The molecule has 21 heavy (non-hydrogen) atoms. The molecule has 0 aliphatic rings. The van der Waals surface area contributed by atoms with E-state index in [1.807, 2.05) is 13.0 Å². The van der Waals surface area contributed by atoms with E-state index >= 15 is 0 Å². The lowest BCUT2D eigenvalue weighted by Gasteiger charge is -2.24. The van der Waals surface area contributed by atoms with E-state index in [9.17, 15) is 0 Å². The molecule has 0 aromatic heterocycles. The van der Waals surface area contributed by atoms with Crippen molar-refractivity contribution in [2.75, 3.05) is 13.2 Å². The van der Waals surface area contributed by atoms with Crippen molar-refractivity contribution >= 4 is 11.6 Å². The van der Waals surface area contributed by atoms with Gasteiger partial charge < -0.3 is 10.5 Å². The van der Waals surface area contributed by atoms with Crippen molar-refractivity contribution in [2.24, 2.45) is 5.73 Å². The minimum atomic E-state index is 0.404. The lowest BCUT2D eigenvalue weighted by molar-refractivity contribution is 0.327. The summed E-state index contributed by atoms with van der Waals surface area (Å²) in [6.07, 6.45) is 4.45. The SMILES string of the molecule is CCCC(CCCN)c1cc(Cl)cc(C(C)C)c1OCC. The average Bonchev–Trinajstić information content (AvgIpc) is 2.45. The van der Waals surface area contributed by atoms with Gasteiger partial charge in [-0.1, -0.05) is 38.8 Å². The molecule has 0 saturated carbocycles. The number of nitrogens with two attached hydrogens (primary N) is 1. The maximum Gasteiger partial charge on any atom is 0.126 e. The van der Waals surface area contributed by atoms with Crippen LogP contribution in [0.1, 0.15) is 76.3 Å². The molecule has 0 aliphatic heterocycles. The predicted octanol–water partition coefficient (Wildman–Crippen LogP) is 5.48. The minimum Gasteiger partial charge on any atom is -0.493 e. The van der Waals surface area contributed by atoms with E-state index < -0.39 is 0 Å². The first-order valence-corrected chi connectivity index (χ1v) is 8.59. The molecule has 2 nitrogen and oxygen atoms in total. The molecule has 0 spiro atoms. The van der Waals surface area contributed by atoms with Gasteiger partial charge in [-0.3, -0.25) is 0 Å². The number of hydrogen-bond acceptors (Lipinski definition) is 2. The number of ether oxygens (including phenoxy) is 1. The summed E-state index contributed by atoms with van der Waals surface area (Å²) in [6.45, 7) is 10.1. The highest BCUT2D eigenvalue weighted by molar-refractivity contribution is 6.30. The van der Waals surface area contributed by atoms with Gasteiger partial charge in [-0.25, -0.2) is 0 Å². The quantitative estimate of drug-likeness (QED) is 0.655. The van der Waals surface area contributed by atoms with Crippen molar-refractivity contribution in [1.29, 1.82) is 0 Å². The van der Waals surface area contributed by atoms with Crippen LogP contribution in [0.4, 0.5) is 0 Å². The highest BCUT2D eigenvalue weighted by Crippen LogP contribution is 2.40. The average molecular weight is 312 g/mol. The Morgan fingerprint density at radius 1 is 1.14 bits per heavy atom. The van der Waals surface area contributed by atoms with Gasteiger partial charge in [0.15, 0.2) is 0 Å². The van der Waals surface area contributed by atoms with Crippen molar-refractivity contribution in [3.8, 4) is 5.75 Å². The zero-order valence-electron chi connectivity index (χ0n) is 13.9. The third-order valence-corrected chi connectivity index (χ3v) is 4.07. The number of halogens is 1. The van der Waals surface area contributed by atoms with Crippen LogP contribution < -0.4 is 10.5 Å². The molecule has 120 valence electrons. The van der Waals surface area contributed by atoms with Crippen LogP contribution in [-0.2, 0) is 0 Å². The maximum absolute atomic E-state index is 6.36. The van der Waals surface area contributed by atoms with Crippen molar-refractivity contribution in [3.63, 3.8) is 0 Å². The lowest BCUT2D eigenvalue weighted by Crippen LogP contribution is -2.09. The van der Waals surface area contributed by atoms with E-state index in [-0.39, 0.29) is 0 Å². The minimum absolute atomic E-state index is 0.404. The van der Waals surface area contributed by atoms with E-state index in [2.05, 4.69) is 26.8 Å². The Hall–Kier alpha value is -0.730. The van der Waals surface area contributed by atoms with Gasteiger partial charge in [0.05, 0.1) is 6.61 Å². The second-order valence-electron chi connectivity index (χ2n) is 5.92. The highest BCUT2D eigenvalue weighted by Gasteiger charge is 2.20. The van der Waals surface area contributed by atoms with Gasteiger partial charge in [-0.2, -0.15) is 0 Å².